The van der Waals surface area contributed by atoms with E-state index in [1.807, 2.05) is 109 Å². The van der Waals surface area contributed by atoms with E-state index < -0.39 is 11.7 Å². The molecule has 0 amide bonds. The monoisotopic (exact) mass is 982 g/mol. The molecule has 0 saturated heterocycles. The van der Waals surface area contributed by atoms with Crippen molar-refractivity contribution in [2.45, 2.75) is 6.18 Å². The average molecular weight is 983 g/mol. The quantitative estimate of drug-likeness (QED) is 0.152. The molecule has 4 nitrogen and oxygen atoms in total. The molecular weight excluding hydrogens is 942 g/mol. The summed E-state index contributed by atoms with van der Waals surface area (Å²) in [5, 5.41) is 25.9. The number of hydrogen-bond donors (Lipinski definition) is 0. The maximum Gasteiger partial charge on any atom is 0.416 e. The standard InChI is InChI=1S/C69H41F3N4/c70-69(71,72)55-29-30-56(54(36-55)43-74)52-28-35-66(75-62-31-24-48(44-14-5-1-6-15-44)37-57(62)58-38-49(25-32-63(58)75)45-16-7-2-8-17-45)61(41-52)68-53(42-73)22-13-23-67(68)76-64-33-26-50(46-18-9-3-10-19-46)39-59(64)60-40-51(27-34-65(60)76)47-20-11-4-12-21-47/h1-41H. The number of halogens is 3. The first-order chi connectivity index (χ1) is 37.2. The molecule has 0 bridgehead atoms. The second-order valence-corrected chi connectivity index (χ2v) is 19.0. The van der Waals surface area contributed by atoms with E-state index in [4.69, 9.17) is 0 Å². The molecule has 13 rings (SSSR count). The van der Waals surface area contributed by atoms with Crippen molar-refractivity contribution in [1.29, 1.82) is 10.5 Å². The number of nitriles is 2. The first-order valence-corrected chi connectivity index (χ1v) is 24.9. The van der Waals surface area contributed by atoms with Crippen LogP contribution in [-0.2, 0) is 6.18 Å². The van der Waals surface area contributed by atoms with Crippen molar-refractivity contribution in [3.05, 3.63) is 265 Å². The Morgan fingerprint density at radius 2 is 0.697 bits per heavy atom. The fourth-order valence-electron chi connectivity index (χ4n) is 11.1. The van der Waals surface area contributed by atoms with Crippen LogP contribution in [0.3, 0.4) is 0 Å². The fraction of sp³-hybridized carbons (Fsp3) is 0.0145. The highest BCUT2D eigenvalue weighted by Gasteiger charge is 2.32. The topological polar surface area (TPSA) is 57.4 Å². The molecule has 0 saturated carbocycles. The van der Waals surface area contributed by atoms with E-state index in [0.29, 0.717) is 27.8 Å². The van der Waals surface area contributed by atoms with Crippen LogP contribution in [0.15, 0.2) is 249 Å². The van der Waals surface area contributed by atoms with E-state index in [1.54, 1.807) is 0 Å². The largest absolute Gasteiger partial charge is 0.416 e. The Bertz CT molecular complexity index is 4310. The second-order valence-electron chi connectivity index (χ2n) is 19.0. The van der Waals surface area contributed by atoms with Crippen molar-refractivity contribution in [3.8, 4) is 90.3 Å². The summed E-state index contributed by atoms with van der Waals surface area (Å²) < 4.78 is 47.0. The first kappa shape index (κ1) is 45.6. The zero-order valence-electron chi connectivity index (χ0n) is 40.6. The van der Waals surface area contributed by atoms with Crippen LogP contribution in [0.4, 0.5) is 13.2 Å². The van der Waals surface area contributed by atoms with Gasteiger partial charge in [0.2, 0.25) is 0 Å². The Hall–Kier alpha value is -10.2. The predicted octanol–water partition coefficient (Wildman–Crippen LogP) is 18.6. The van der Waals surface area contributed by atoms with E-state index in [-0.39, 0.29) is 5.56 Å². The smallest absolute Gasteiger partial charge is 0.309 e. The van der Waals surface area contributed by atoms with Gasteiger partial charge >= 0.3 is 6.18 Å². The van der Waals surface area contributed by atoms with Gasteiger partial charge in [0.1, 0.15) is 0 Å². The van der Waals surface area contributed by atoms with Crippen LogP contribution in [0, 0.1) is 22.7 Å². The SMILES string of the molecule is N#Cc1cc(C(F)(F)F)ccc1-c1ccc(-n2c3ccc(-c4ccccc4)cc3c3cc(-c4ccccc4)ccc32)c(-c2c(C#N)cccc2-n2c3ccc(-c4ccccc4)cc3c3cc(-c4ccccc4)ccc32)c1. The summed E-state index contributed by atoms with van der Waals surface area (Å²) in [6.45, 7) is 0. The van der Waals surface area contributed by atoms with Crippen LogP contribution in [0.5, 0.6) is 0 Å². The lowest BCUT2D eigenvalue weighted by Crippen LogP contribution is -2.06. The van der Waals surface area contributed by atoms with E-state index in [9.17, 15) is 23.7 Å². The van der Waals surface area contributed by atoms with Gasteiger partial charge in [0.15, 0.2) is 0 Å². The van der Waals surface area contributed by atoms with E-state index in [2.05, 4.69) is 143 Å². The van der Waals surface area contributed by atoms with Gasteiger partial charge < -0.3 is 9.13 Å². The summed E-state index contributed by atoms with van der Waals surface area (Å²) in [7, 11) is 0. The normalized spacial score (nSPS) is 11.6. The molecule has 2 aromatic heterocycles. The number of hydrogen-bond acceptors (Lipinski definition) is 2. The molecule has 11 aromatic carbocycles. The lowest BCUT2D eigenvalue weighted by atomic mass is 9.91. The highest BCUT2D eigenvalue weighted by Crippen LogP contribution is 2.46. The molecule has 0 fully saturated rings. The van der Waals surface area contributed by atoms with Crippen molar-refractivity contribution in [3.63, 3.8) is 0 Å². The third-order valence-electron chi connectivity index (χ3n) is 14.6. The Kier molecular flexibility index (Phi) is 11.0. The maximum atomic E-state index is 14.2. The minimum Gasteiger partial charge on any atom is -0.309 e. The zero-order valence-corrected chi connectivity index (χ0v) is 40.6. The number of nitrogens with zero attached hydrogens (tertiary/aromatic N) is 4. The van der Waals surface area contributed by atoms with Gasteiger partial charge in [-0.3, -0.25) is 0 Å². The minimum absolute atomic E-state index is 0.119. The highest BCUT2D eigenvalue weighted by molar-refractivity contribution is 6.14. The van der Waals surface area contributed by atoms with Crippen LogP contribution in [0.2, 0.25) is 0 Å². The number of aromatic nitrogens is 2. The molecule has 0 spiro atoms. The zero-order chi connectivity index (χ0) is 51.5. The minimum atomic E-state index is -4.65. The molecule has 358 valence electrons. The molecule has 0 unspecified atom stereocenters. The summed E-state index contributed by atoms with van der Waals surface area (Å²) in [6, 6.07) is 86.5. The average Bonchev–Trinajstić information content (AvgIpc) is 4.12. The van der Waals surface area contributed by atoms with Crippen molar-refractivity contribution in [2.75, 3.05) is 0 Å². The molecule has 76 heavy (non-hydrogen) atoms. The van der Waals surface area contributed by atoms with Gasteiger partial charge in [-0.2, -0.15) is 23.7 Å². The van der Waals surface area contributed by atoms with Crippen molar-refractivity contribution in [2.24, 2.45) is 0 Å². The maximum absolute atomic E-state index is 14.2. The molecule has 2 heterocycles. The first-order valence-electron chi connectivity index (χ1n) is 24.9. The van der Waals surface area contributed by atoms with Gasteiger partial charge in [-0.25, -0.2) is 0 Å². The van der Waals surface area contributed by atoms with Crippen molar-refractivity contribution < 1.29 is 13.2 Å². The van der Waals surface area contributed by atoms with Crippen LogP contribution < -0.4 is 0 Å². The molecule has 0 aliphatic carbocycles. The molecule has 0 atom stereocenters. The molecule has 0 radical (unpaired) electrons. The summed E-state index contributed by atoms with van der Waals surface area (Å²) >= 11 is 0. The molecule has 7 heteroatoms. The highest BCUT2D eigenvalue weighted by atomic mass is 19.4. The van der Waals surface area contributed by atoms with Gasteiger partial charge in [-0.05, 0) is 141 Å². The third-order valence-corrected chi connectivity index (χ3v) is 14.6. The van der Waals surface area contributed by atoms with E-state index >= 15 is 0 Å². The van der Waals surface area contributed by atoms with Crippen molar-refractivity contribution >= 4 is 43.6 Å². The summed E-state index contributed by atoms with van der Waals surface area (Å²) in [6.07, 6.45) is -4.65. The molecule has 0 aliphatic heterocycles. The van der Waals surface area contributed by atoms with Crippen molar-refractivity contribution in [1.82, 2.24) is 9.13 Å². The Balaban J connectivity index is 1.13. The number of fused-ring (bicyclic) bond motifs is 6. The van der Waals surface area contributed by atoms with Crippen LogP contribution >= 0.6 is 0 Å². The van der Waals surface area contributed by atoms with Crippen LogP contribution in [0.25, 0.3) is 122 Å². The Labute approximate surface area is 436 Å². The summed E-state index contributed by atoms with van der Waals surface area (Å²) in [5.41, 5.74) is 15.1. The van der Waals surface area contributed by atoms with Crippen LogP contribution in [-0.4, -0.2) is 9.13 Å². The van der Waals surface area contributed by atoms with Gasteiger partial charge in [-0.15, -0.1) is 0 Å². The summed E-state index contributed by atoms with van der Waals surface area (Å²) in [5.74, 6) is 0. The van der Waals surface area contributed by atoms with Crippen LogP contribution in [0.1, 0.15) is 16.7 Å². The van der Waals surface area contributed by atoms with E-state index in [0.717, 1.165) is 112 Å². The molecule has 0 N–H and O–H groups in total. The lowest BCUT2D eigenvalue weighted by Gasteiger charge is -2.21. The summed E-state index contributed by atoms with van der Waals surface area (Å²) in [4.78, 5) is 0. The predicted molar refractivity (Wildman–Crippen MR) is 302 cm³/mol. The molecule has 13 aromatic rings. The Morgan fingerprint density at radius 1 is 0.303 bits per heavy atom. The van der Waals surface area contributed by atoms with E-state index in [1.165, 1.54) is 6.07 Å². The number of alkyl halides is 3. The van der Waals surface area contributed by atoms with Gasteiger partial charge in [0.05, 0.1) is 62.3 Å². The molecule has 0 aliphatic rings. The van der Waals surface area contributed by atoms with Gasteiger partial charge in [-0.1, -0.05) is 164 Å². The van der Waals surface area contributed by atoms with Gasteiger partial charge in [0, 0.05) is 32.7 Å². The Morgan fingerprint density at radius 3 is 1.09 bits per heavy atom. The second kappa shape index (κ2) is 18.4. The lowest BCUT2D eigenvalue weighted by molar-refractivity contribution is -0.137. The number of rotatable bonds is 8. The number of benzene rings is 11. The fourth-order valence-corrected chi connectivity index (χ4v) is 11.1. The third kappa shape index (κ3) is 7.78. The molecular formula is C69H41F3N4. The van der Waals surface area contributed by atoms with Gasteiger partial charge in [0.25, 0.3) is 0 Å².